The molecule has 1 heterocycles. The highest BCUT2D eigenvalue weighted by atomic mass is 35.5. The van der Waals surface area contributed by atoms with Crippen molar-refractivity contribution in [2.75, 3.05) is 6.61 Å². The number of phenols is 1. The molecule has 6 heteroatoms. The molecule has 5 nitrogen and oxygen atoms in total. The molecule has 0 radical (unpaired) electrons. The van der Waals surface area contributed by atoms with Crippen LogP contribution in [0.3, 0.4) is 0 Å². The largest absolute Gasteiger partial charge is 0.504 e. The second-order valence-electron chi connectivity index (χ2n) is 7.64. The van der Waals surface area contributed by atoms with Gasteiger partial charge in [-0.2, -0.15) is 0 Å². The van der Waals surface area contributed by atoms with Crippen molar-refractivity contribution in [3.63, 3.8) is 0 Å². The lowest BCUT2D eigenvalue weighted by Crippen LogP contribution is -1.94. The van der Waals surface area contributed by atoms with E-state index in [9.17, 15) is 5.11 Å². The third kappa shape index (κ3) is 4.63. The van der Waals surface area contributed by atoms with E-state index in [1.807, 2.05) is 37.3 Å². The lowest BCUT2D eigenvalue weighted by atomic mass is 9.98. The minimum absolute atomic E-state index is 0.00668. The average molecular weight is 449 g/mol. The molecular formula is C26H25ClN2O3. The van der Waals surface area contributed by atoms with Crippen LogP contribution in [-0.2, 0) is 0 Å². The van der Waals surface area contributed by atoms with Gasteiger partial charge in [-0.15, -0.1) is 0 Å². The van der Waals surface area contributed by atoms with Crippen LogP contribution in [-0.4, -0.2) is 22.9 Å². The number of ether oxygens (including phenoxy) is 1. The predicted octanol–water partition coefficient (Wildman–Crippen LogP) is 7.52. The lowest BCUT2D eigenvalue weighted by Gasteiger charge is -2.08. The van der Waals surface area contributed by atoms with Gasteiger partial charge in [0.1, 0.15) is 5.52 Å². The Bertz CT molecular complexity index is 1280. The minimum Gasteiger partial charge on any atom is -0.504 e. The lowest BCUT2D eigenvalue weighted by molar-refractivity contribution is 0.318. The first-order valence-electron chi connectivity index (χ1n) is 10.7. The smallest absolute Gasteiger partial charge is 0.227 e. The van der Waals surface area contributed by atoms with E-state index in [-0.39, 0.29) is 5.75 Å². The molecule has 0 unspecified atom stereocenters. The summed E-state index contributed by atoms with van der Waals surface area (Å²) in [5, 5.41) is 10.9. The molecule has 3 aromatic carbocycles. The van der Waals surface area contributed by atoms with E-state index in [1.165, 1.54) is 5.56 Å². The van der Waals surface area contributed by atoms with Crippen LogP contribution in [0, 0.1) is 0 Å². The molecule has 0 aliphatic rings. The van der Waals surface area contributed by atoms with Crippen LogP contribution in [0.2, 0.25) is 5.02 Å². The van der Waals surface area contributed by atoms with Crippen molar-refractivity contribution in [3.8, 4) is 23.0 Å². The van der Waals surface area contributed by atoms with E-state index >= 15 is 0 Å². The molecule has 0 spiro atoms. The molecule has 0 aliphatic heterocycles. The standard InChI is InChI=1S/C26H25ClN2O3/c1-4-16(3)17-9-10-23-22(13-17)29-26(32-23)18-7-6-8-21(12-18)28-15-19-11-20(27)14-24(25(19)30)31-5-2/h6-16,30H,4-5H2,1-3H3/t16-/m1/s1. The zero-order valence-corrected chi connectivity index (χ0v) is 19.1. The van der Waals surface area contributed by atoms with Crippen LogP contribution in [0.1, 0.15) is 44.2 Å². The Morgan fingerprint density at radius 1 is 1.16 bits per heavy atom. The summed E-state index contributed by atoms with van der Waals surface area (Å²) in [6, 6.07) is 17.0. The monoisotopic (exact) mass is 448 g/mol. The minimum atomic E-state index is 0.00668. The Morgan fingerprint density at radius 3 is 2.78 bits per heavy atom. The number of aliphatic imine (C=N–C) groups is 1. The molecule has 0 bridgehead atoms. The van der Waals surface area contributed by atoms with Gasteiger partial charge in [0.25, 0.3) is 0 Å². The Labute approximate surface area is 192 Å². The summed E-state index contributed by atoms with van der Waals surface area (Å²) in [6.07, 6.45) is 2.64. The molecule has 0 aliphatic carbocycles. The summed E-state index contributed by atoms with van der Waals surface area (Å²) in [5.74, 6) is 1.36. The highest BCUT2D eigenvalue weighted by molar-refractivity contribution is 6.31. The summed E-state index contributed by atoms with van der Waals surface area (Å²) in [4.78, 5) is 9.18. The van der Waals surface area contributed by atoms with E-state index in [2.05, 4.69) is 36.0 Å². The molecule has 4 aromatic rings. The van der Waals surface area contributed by atoms with Crippen LogP contribution >= 0.6 is 11.6 Å². The molecule has 32 heavy (non-hydrogen) atoms. The number of hydrogen-bond acceptors (Lipinski definition) is 5. The van der Waals surface area contributed by atoms with Gasteiger partial charge in [-0.25, -0.2) is 4.98 Å². The van der Waals surface area contributed by atoms with Crippen LogP contribution < -0.4 is 4.74 Å². The molecule has 164 valence electrons. The first-order chi connectivity index (χ1) is 15.5. The zero-order valence-electron chi connectivity index (χ0n) is 18.3. The van der Waals surface area contributed by atoms with Crippen LogP contribution in [0.15, 0.2) is 64.0 Å². The molecule has 0 amide bonds. The highest BCUT2D eigenvalue weighted by Gasteiger charge is 2.12. The Hall–Kier alpha value is -3.31. The number of fused-ring (bicyclic) bond motifs is 1. The number of aromatic nitrogens is 1. The quantitative estimate of drug-likeness (QED) is 0.297. The maximum absolute atomic E-state index is 10.4. The van der Waals surface area contributed by atoms with Crippen molar-refractivity contribution >= 4 is 34.6 Å². The van der Waals surface area contributed by atoms with E-state index in [1.54, 1.807) is 18.3 Å². The normalized spacial score (nSPS) is 12.5. The van der Waals surface area contributed by atoms with Gasteiger partial charge >= 0.3 is 0 Å². The van der Waals surface area contributed by atoms with Crippen molar-refractivity contribution in [1.82, 2.24) is 4.98 Å². The molecule has 0 saturated heterocycles. The number of phenolic OH excluding ortho intramolecular Hbond substituents is 1. The summed E-state index contributed by atoms with van der Waals surface area (Å²) in [6.45, 7) is 6.65. The first kappa shape index (κ1) is 21.9. The fourth-order valence-corrected chi connectivity index (χ4v) is 3.65. The molecule has 0 fully saturated rings. The van der Waals surface area contributed by atoms with Gasteiger partial charge in [0, 0.05) is 28.4 Å². The van der Waals surface area contributed by atoms with Crippen molar-refractivity contribution in [1.29, 1.82) is 0 Å². The second kappa shape index (κ2) is 9.45. The Morgan fingerprint density at radius 2 is 2.00 bits per heavy atom. The van der Waals surface area contributed by atoms with E-state index < -0.39 is 0 Å². The summed E-state index contributed by atoms with van der Waals surface area (Å²) < 4.78 is 11.4. The first-order valence-corrected chi connectivity index (χ1v) is 11.1. The molecule has 0 saturated carbocycles. The maximum Gasteiger partial charge on any atom is 0.227 e. The molecule has 1 aromatic heterocycles. The van der Waals surface area contributed by atoms with E-state index in [4.69, 9.17) is 20.8 Å². The van der Waals surface area contributed by atoms with Crippen molar-refractivity contribution in [2.24, 2.45) is 4.99 Å². The third-order valence-electron chi connectivity index (χ3n) is 5.41. The van der Waals surface area contributed by atoms with Gasteiger partial charge in [-0.1, -0.05) is 37.6 Å². The Balaban J connectivity index is 1.63. The summed E-state index contributed by atoms with van der Waals surface area (Å²) in [5.41, 5.74) is 4.86. The van der Waals surface area contributed by atoms with Gasteiger partial charge in [-0.05, 0) is 61.2 Å². The number of aromatic hydroxyl groups is 1. The fourth-order valence-electron chi connectivity index (χ4n) is 3.43. The van der Waals surface area contributed by atoms with Crippen molar-refractivity contribution in [2.45, 2.75) is 33.1 Å². The second-order valence-corrected chi connectivity index (χ2v) is 8.08. The van der Waals surface area contributed by atoms with Crippen molar-refractivity contribution in [3.05, 3.63) is 70.7 Å². The predicted molar refractivity (Wildman–Crippen MR) is 130 cm³/mol. The van der Waals surface area contributed by atoms with Crippen LogP contribution in [0.25, 0.3) is 22.6 Å². The molecular weight excluding hydrogens is 424 g/mol. The van der Waals surface area contributed by atoms with Crippen molar-refractivity contribution < 1.29 is 14.3 Å². The number of rotatable bonds is 7. The number of nitrogens with zero attached hydrogens (tertiary/aromatic N) is 2. The number of benzene rings is 3. The summed E-state index contributed by atoms with van der Waals surface area (Å²) >= 11 is 6.15. The van der Waals surface area contributed by atoms with E-state index in [0.717, 1.165) is 23.1 Å². The summed E-state index contributed by atoms with van der Waals surface area (Å²) in [7, 11) is 0. The molecule has 1 N–H and O–H groups in total. The number of hydrogen-bond donors (Lipinski definition) is 1. The average Bonchev–Trinajstić information content (AvgIpc) is 3.23. The van der Waals surface area contributed by atoms with Crippen LogP contribution in [0.4, 0.5) is 5.69 Å². The van der Waals surface area contributed by atoms with Gasteiger partial charge < -0.3 is 14.3 Å². The molecule has 4 rings (SSSR count). The maximum atomic E-state index is 10.4. The van der Waals surface area contributed by atoms with Crippen LogP contribution in [0.5, 0.6) is 11.5 Å². The number of halogens is 1. The third-order valence-corrected chi connectivity index (χ3v) is 5.63. The van der Waals surface area contributed by atoms with E-state index in [0.29, 0.717) is 40.4 Å². The zero-order chi connectivity index (χ0) is 22.7. The molecule has 1 atom stereocenters. The van der Waals surface area contributed by atoms with Gasteiger partial charge in [-0.3, -0.25) is 4.99 Å². The van der Waals surface area contributed by atoms with Gasteiger partial charge in [0.15, 0.2) is 17.1 Å². The van der Waals surface area contributed by atoms with Gasteiger partial charge in [0.05, 0.1) is 12.3 Å². The Kier molecular flexibility index (Phi) is 6.47. The highest BCUT2D eigenvalue weighted by Crippen LogP contribution is 2.34. The van der Waals surface area contributed by atoms with Gasteiger partial charge in [0.2, 0.25) is 5.89 Å². The topological polar surface area (TPSA) is 67.9 Å². The number of oxazole rings is 1. The SMILES string of the molecule is CCOc1cc(Cl)cc(C=Nc2cccc(-c3nc4cc([C@H](C)CC)ccc4o3)c2)c1O. The fraction of sp³-hybridized carbons (Fsp3) is 0.231.